The molecule has 0 aliphatic carbocycles. The van der Waals surface area contributed by atoms with Crippen LogP contribution in [0.5, 0.6) is 0 Å². The van der Waals surface area contributed by atoms with Gasteiger partial charge in [-0.2, -0.15) is 4.98 Å². The number of aromatic nitrogens is 2. The predicted octanol–water partition coefficient (Wildman–Crippen LogP) is -0.140. The van der Waals surface area contributed by atoms with E-state index in [2.05, 4.69) is 15.0 Å². The second kappa shape index (κ2) is 7.58. The number of carbonyl (C=O) groups excluding carboxylic acids is 1. The Balaban J connectivity index is 1.46. The molecule has 0 spiro atoms. The zero-order valence-electron chi connectivity index (χ0n) is 14.2. The first-order valence-corrected chi connectivity index (χ1v) is 8.70. The second-order valence-electron chi connectivity index (χ2n) is 6.64. The summed E-state index contributed by atoms with van der Waals surface area (Å²) in [6, 6.07) is 0. The number of hydrogen-bond donors (Lipinski definition) is 1. The third kappa shape index (κ3) is 4.31. The van der Waals surface area contributed by atoms with Crippen LogP contribution < -0.4 is 0 Å². The Labute approximate surface area is 141 Å². The molecule has 24 heavy (non-hydrogen) atoms. The van der Waals surface area contributed by atoms with Crippen LogP contribution in [0.4, 0.5) is 0 Å². The van der Waals surface area contributed by atoms with Gasteiger partial charge in [0.25, 0.3) is 0 Å². The van der Waals surface area contributed by atoms with Crippen LogP contribution in [0, 0.1) is 0 Å². The van der Waals surface area contributed by atoms with Crippen LogP contribution in [-0.2, 0) is 22.4 Å². The van der Waals surface area contributed by atoms with Crippen LogP contribution in [0.3, 0.4) is 0 Å². The lowest BCUT2D eigenvalue weighted by molar-refractivity contribution is -0.131. The first-order chi connectivity index (χ1) is 11.6. The van der Waals surface area contributed by atoms with E-state index < -0.39 is 5.60 Å². The lowest BCUT2D eigenvalue weighted by atomic mass is 10.0. The third-order valence-corrected chi connectivity index (χ3v) is 4.69. The van der Waals surface area contributed by atoms with E-state index in [9.17, 15) is 9.90 Å². The van der Waals surface area contributed by atoms with E-state index in [-0.39, 0.29) is 5.91 Å². The van der Waals surface area contributed by atoms with Gasteiger partial charge in [0.2, 0.25) is 11.8 Å². The van der Waals surface area contributed by atoms with Crippen LogP contribution in [0.2, 0.25) is 0 Å². The van der Waals surface area contributed by atoms with Crippen LogP contribution >= 0.6 is 0 Å². The highest BCUT2D eigenvalue weighted by molar-refractivity contribution is 5.76. The smallest absolute Gasteiger partial charge is 0.227 e. The molecule has 0 aromatic carbocycles. The maximum atomic E-state index is 12.4. The van der Waals surface area contributed by atoms with Crippen molar-refractivity contribution in [3.63, 3.8) is 0 Å². The minimum Gasteiger partial charge on any atom is -0.387 e. The van der Waals surface area contributed by atoms with Crippen LogP contribution in [0.1, 0.15) is 31.5 Å². The van der Waals surface area contributed by atoms with Gasteiger partial charge in [0.1, 0.15) is 0 Å². The summed E-state index contributed by atoms with van der Waals surface area (Å²) < 4.78 is 10.4. The van der Waals surface area contributed by atoms with Gasteiger partial charge in [-0.1, -0.05) is 12.1 Å². The maximum absolute atomic E-state index is 12.4. The summed E-state index contributed by atoms with van der Waals surface area (Å²) in [6.07, 6.45) is 2.12. The SMILES string of the molecule is CCc1noc(CCC(=O)N2CC[C@](O)(CN3CCOCC3)C2)n1. The monoisotopic (exact) mass is 338 g/mol. The van der Waals surface area contributed by atoms with Gasteiger partial charge in [0.05, 0.1) is 25.4 Å². The molecule has 1 amide bonds. The molecule has 1 N–H and O–H groups in total. The average molecular weight is 338 g/mol. The number of aliphatic hydroxyl groups is 1. The zero-order chi connectivity index (χ0) is 17.0. The van der Waals surface area contributed by atoms with Gasteiger partial charge < -0.3 is 19.3 Å². The Kier molecular flexibility index (Phi) is 5.47. The van der Waals surface area contributed by atoms with Gasteiger partial charge in [-0.3, -0.25) is 9.69 Å². The fourth-order valence-electron chi connectivity index (χ4n) is 3.28. The van der Waals surface area contributed by atoms with E-state index in [0.717, 1.165) is 19.5 Å². The summed E-state index contributed by atoms with van der Waals surface area (Å²) in [4.78, 5) is 20.5. The van der Waals surface area contributed by atoms with Crippen molar-refractivity contribution in [2.45, 2.75) is 38.2 Å². The molecule has 134 valence electrons. The lowest BCUT2D eigenvalue weighted by Crippen LogP contribution is -2.49. The molecule has 0 saturated carbocycles. The number of likely N-dealkylation sites (tertiary alicyclic amines) is 1. The van der Waals surface area contributed by atoms with Crippen molar-refractivity contribution in [3.05, 3.63) is 11.7 Å². The zero-order valence-corrected chi connectivity index (χ0v) is 14.2. The molecule has 0 bridgehead atoms. The Bertz CT molecular complexity index is 558. The Morgan fingerprint density at radius 1 is 1.33 bits per heavy atom. The van der Waals surface area contributed by atoms with Crippen molar-refractivity contribution in [3.8, 4) is 0 Å². The molecule has 2 aliphatic heterocycles. The van der Waals surface area contributed by atoms with Crippen molar-refractivity contribution in [2.75, 3.05) is 45.9 Å². The Morgan fingerprint density at radius 2 is 2.12 bits per heavy atom. The quantitative estimate of drug-likeness (QED) is 0.772. The number of amides is 1. The predicted molar refractivity (Wildman–Crippen MR) is 85.4 cm³/mol. The standard InChI is InChI=1S/C16H26N4O4/c1-2-13-17-14(24-18-13)3-4-15(21)20-6-5-16(22,12-20)11-19-7-9-23-10-8-19/h22H,2-12H2,1H3/t16-/m0/s1. The van der Waals surface area contributed by atoms with Gasteiger partial charge in [0.15, 0.2) is 5.82 Å². The molecule has 2 fully saturated rings. The molecule has 2 saturated heterocycles. The van der Waals surface area contributed by atoms with E-state index >= 15 is 0 Å². The lowest BCUT2D eigenvalue weighted by Gasteiger charge is -2.33. The van der Waals surface area contributed by atoms with Gasteiger partial charge in [0, 0.05) is 45.4 Å². The van der Waals surface area contributed by atoms with Crippen LogP contribution in [0.15, 0.2) is 4.52 Å². The number of morpholine rings is 1. The highest BCUT2D eigenvalue weighted by atomic mass is 16.5. The molecule has 3 heterocycles. The number of aryl methyl sites for hydroxylation is 2. The van der Waals surface area contributed by atoms with E-state index in [1.807, 2.05) is 6.92 Å². The van der Waals surface area contributed by atoms with Gasteiger partial charge in [-0.25, -0.2) is 0 Å². The fraction of sp³-hybridized carbons (Fsp3) is 0.812. The average Bonchev–Trinajstić information content (AvgIpc) is 3.20. The third-order valence-electron chi connectivity index (χ3n) is 4.69. The molecule has 8 nitrogen and oxygen atoms in total. The summed E-state index contributed by atoms with van der Waals surface area (Å²) in [5.74, 6) is 1.20. The van der Waals surface area contributed by atoms with Gasteiger partial charge in [-0.05, 0) is 6.42 Å². The van der Waals surface area contributed by atoms with E-state index in [4.69, 9.17) is 9.26 Å². The topological polar surface area (TPSA) is 91.9 Å². The minimum absolute atomic E-state index is 0.0316. The van der Waals surface area contributed by atoms with E-state index in [1.54, 1.807) is 4.90 Å². The van der Waals surface area contributed by atoms with Crippen molar-refractivity contribution in [2.24, 2.45) is 0 Å². The minimum atomic E-state index is -0.813. The number of ether oxygens (including phenoxy) is 1. The van der Waals surface area contributed by atoms with Crippen molar-refractivity contribution >= 4 is 5.91 Å². The first kappa shape index (κ1) is 17.3. The molecule has 1 aromatic heterocycles. The molecule has 8 heteroatoms. The Morgan fingerprint density at radius 3 is 2.83 bits per heavy atom. The maximum Gasteiger partial charge on any atom is 0.227 e. The van der Waals surface area contributed by atoms with Gasteiger partial charge in [-0.15, -0.1) is 0 Å². The molecule has 3 rings (SSSR count). The summed E-state index contributed by atoms with van der Waals surface area (Å²) in [5, 5.41) is 14.6. The summed E-state index contributed by atoms with van der Waals surface area (Å²) in [7, 11) is 0. The van der Waals surface area contributed by atoms with Crippen LogP contribution in [-0.4, -0.2) is 82.5 Å². The highest BCUT2D eigenvalue weighted by Crippen LogP contribution is 2.23. The number of nitrogens with zero attached hydrogens (tertiary/aromatic N) is 4. The Hall–Kier alpha value is -1.51. The second-order valence-corrected chi connectivity index (χ2v) is 6.64. The largest absolute Gasteiger partial charge is 0.387 e. The molecule has 1 aromatic rings. The van der Waals surface area contributed by atoms with Crippen molar-refractivity contribution in [1.82, 2.24) is 19.9 Å². The first-order valence-electron chi connectivity index (χ1n) is 8.70. The number of carbonyl (C=O) groups is 1. The van der Waals surface area contributed by atoms with Crippen LogP contribution in [0.25, 0.3) is 0 Å². The van der Waals surface area contributed by atoms with E-state index in [1.165, 1.54) is 0 Å². The summed E-state index contributed by atoms with van der Waals surface area (Å²) >= 11 is 0. The molecular formula is C16H26N4O4. The normalized spacial score (nSPS) is 25.3. The van der Waals surface area contributed by atoms with Crippen molar-refractivity contribution in [1.29, 1.82) is 0 Å². The molecule has 0 unspecified atom stereocenters. The number of rotatable bonds is 6. The number of hydrogen-bond acceptors (Lipinski definition) is 7. The molecule has 1 atom stereocenters. The summed E-state index contributed by atoms with van der Waals surface area (Å²) in [5.41, 5.74) is -0.813. The summed E-state index contributed by atoms with van der Waals surface area (Å²) in [6.45, 7) is 6.66. The van der Waals surface area contributed by atoms with E-state index in [0.29, 0.717) is 63.8 Å². The van der Waals surface area contributed by atoms with Gasteiger partial charge >= 0.3 is 0 Å². The number of β-amino-alcohol motifs (C(OH)–C–C–N with tert-alkyl or cyclic N) is 1. The molecular weight excluding hydrogens is 312 g/mol. The molecule has 0 radical (unpaired) electrons. The highest BCUT2D eigenvalue weighted by Gasteiger charge is 2.39. The molecule has 2 aliphatic rings. The van der Waals surface area contributed by atoms with Crippen molar-refractivity contribution < 1.29 is 19.2 Å². The fourth-order valence-corrected chi connectivity index (χ4v) is 3.28.